The normalized spacial score (nSPS) is 15.1. The average molecular weight is 200 g/mol. The van der Waals surface area contributed by atoms with Gasteiger partial charge in [-0.3, -0.25) is 4.79 Å². The fourth-order valence-corrected chi connectivity index (χ4v) is 1.13. The number of benzene rings is 1. The Kier molecular flexibility index (Phi) is 2.84. The Bertz CT molecular complexity index is 324. The number of halogens is 2. The zero-order chi connectivity index (χ0) is 10.8. The van der Waals surface area contributed by atoms with Crippen LogP contribution in [0.25, 0.3) is 0 Å². The first-order valence-corrected chi connectivity index (χ1v) is 4.06. The highest BCUT2D eigenvalue weighted by atomic mass is 19.3. The monoisotopic (exact) mass is 200 g/mol. The lowest BCUT2D eigenvalue weighted by Gasteiger charge is -2.23. The summed E-state index contributed by atoms with van der Waals surface area (Å²) in [5, 5.41) is 8.78. The summed E-state index contributed by atoms with van der Waals surface area (Å²) in [5.41, 5.74) is -2.01. The molecule has 1 unspecified atom stereocenters. The minimum atomic E-state index is -2.93. The van der Waals surface area contributed by atoms with Gasteiger partial charge >= 0.3 is 5.97 Å². The molecular weight excluding hydrogens is 190 g/mol. The van der Waals surface area contributed by atoms with Crippen molar-refractivity contribution >= 4 is 5.97 Å². The number of carbonyl (C=O) groups is 1. The van der Waals surface area contributed by atoms with E-state index >= 15 is 0 Å². The van der Waals surface area contributed by atoms with Crippen LogP contribution in [-0.2, 0) is 10.2 Å². The molecule has 4 heteroatoms. The number of hydrogen-bond donors (Lipinski definition) is 1. The highest BCUT2D eigenvalue weighted by Gasteiger charge is 2.44. The second-order valence-corrected chi connectivity index (χ2v) is 3.17. The second kappa shape index (κ2) is 3.74. The van der Waals surface area contributed by atoms with Gasteiger partial charge in [0.2, 0.25) is 0 Å². The van der Waals surface area contributed by atoms with Crippen LogP contribution in [0.4, 0.5) is 8.78 Å². The third kappa shape index (κ3) is 1.60. The van der Waals surface area contributed by atoms with Crippen LogP contribution in [0.15, 0.2) is 30.3 Å². The van der Waals surface area contributed by atoms with Crippen molar-refractivity contribution in [1.29, 1.82) is 0 Å². The first-order chi connectivity index (χ1) is 6.49. The lowest BCUT2D eigenvalue weighted by atomic mass is 9.83. The topological polar surface area (TPSA) is 37.3 Å². The summed E-state index contributed by atoms with van der Waals surface area (Å²) in [4.78, 5) is 10.8. The van der Waals surface area contributed by atoms with Crippen LogP contribution in [0.1, 0.15) is 12.5 Å². The molecule has 1 rings (SSSR count). The predicted molar refractivity (Wildman–Crippen MR) is 47.4 cm³/mol. The van der Waals surface area contributed by atoms with E-state index in [4.69, 9.17) is 5.11 Å². The largest absolute Gasteiger partial charge is 0.480 e. The molecule has 0 fully saturated rings. The number of carboxylic acid groups (broad SMARTS) is 1. The van der Waals surface area contributed by atoms with E-state index in [2.05, 4.69) is 0 Å². The minimum Gasteiger partial charge on any atom is -0.480 e. The highest BCUT2D eigenvalue weighted by molar-refractivity contribution is 5.81. The molecule has 0 saturated carbocycles. The van der Waals surface area contributed by atoms with Gasteiger partial charge in [0.15, 0.2) is 5.41 Å². The van der Waals surface area contributed by atoms with E-state index in [1.54, 1.807) is 18.2 Å². The molecule has 1 N–H and O–H groups in total. The van der Waals surface area contributed by atoms with Crippen molar-refractivity contribution in [2.45, 2.75) is 18.8 Å². The minimum absolute atomic E-state index is 0.113. The van der Waals surface area contributed by atoms with Crippen molar-refractivity contribution in [3.63, 3.8) is 0 Å². The van der Waals surface area contributed by atoms with E-state index < -0.39 is 17.8 Å². The Morgan fingerprint density at radius 1 is 1.36 bits per heavy atom. The van der Waals surface area contributed by atoms with Gasteiger partial charge < -0.3 is 5.11 Å². The van der Waals surface area contributed by atoms with E-state index in [-0.39, 0.29) is 5.56 Å². The van der Waals surface area contributed by atoms with Gasteiger partial charge in [0.05, 0.1) is 0 Å². The maximum Gasteiger partial charge on any atom is 0.319 e. The van der Waals surface area contributed by atoms with Crippen molar-refractivity contribution in [1.82, 2.24) is 0 Å². The van der Waals surface area contributed by atoms with Crippen LogP contribution in [0, 0.1) is 0 Å². The molecule has 0 heterocycles. The molecular formula is C10H10F2O2. The standard InChI is InChI=1S/C10H10F2O2/c1-10(8(11)12,9(13)14)7-5-3-2-4-6-7/h2-6,8H,1H3,(H,13,14). The maximum absolute atomic E-state index is 12.6. The Balaban J connectivity index is 3.20. The van der Waals surface area contributed by atoms with E-state index in [0.29, 0.717) is 0 Å². The molecule has 1 atom stereocenters. The summed E-state index contributed by atoms with van der Waals surface area (Å²) < 4.78 is 25.3. The molecule has 0 aliphatic heterocycles. The first-order valence-electron chi connectivity index (χ1n) is 4.06. The molecule has 0 aromatic heterocycles. The van der Waals surface area contributed by atoms with Crippen molar-refractivity contribution in [3.8, 4) is 0 Å². The van der Waals surface area contributed by atoms with E-state index in [0.717, 1.165) is 6.92 Å². The van der Waals surface area contributed by atoms with Crippen molar-refractivity contribution in [2.24, 2.45) is 0 Å². The lowest BCUT2D eigenvalue weighted by Crippen LogP contribution is -2.39. The van der Waals surface area contributed by atoms with Gasteiger partial charge in [-0.05, 0) is 12.5 Å². The third-order valence-corrected chi connectivity index (χ3v) is 2.25. The summed E-state index contributed by atoms with van der Waals surface area (Å²) in [6.07, 6.45) is -2.93. The Labute approximate surface area is 80.2 Å². The Hall–Kier alpha value is -1.45. The van der Waals surface area contributed by atoms with Gasteiger partial charge in [-0.1, -0.05) is 30.3 Å². The predicted octanol–water partition coefficient (Wildman–Crippen LogP) is 2.29. The Morgan fingerprint density at radius 3 is 2.21 bits per heavy atom. The SMILES string of the molecule is CC(C(=O)O)(c1ccccc1)C(F)F. The van der Waals surface area contributed by atoms with Crippen LogP contribution in [-0.4, -0.2) is 17.5 Å². The molecule has 0 bridgehead atoms. The number of rotatable bonds is 3. The average Bonchev–Trinajstić information content (AvgIpc) is 2.17. The van der Waals surface area contributed by atoms with Crippen molar-refractivity contribution in [3.05, 3.63) is 35.9 Å². The smallest absolute Gasteiger partial charge is 0.319 e. The van der Waals surface area contributed by atoms with Gasteiger partial charge in [0, 0.05) is 0 Å². The van der Waals surface area contributed by atoms with Crippen LogP contribution in [0.2, 0.25) is 0 Å². The molecule has 1 aromatic rings. The summed E-state index contributed by atoms with van der Waals surface area (Å²) in [6, 6.07) is 7.51. The third-order valence-electron chi connectivity index (χ3n) is 2.25. The van der Waals surface area contributed by atoms with Crippen molar-refractivity contribution in [2.75, 3.05) is 0 Å². The molecule has 0 radical (unpaired) electrons. The summed E-state index contributed by atoms with van der Waals surface area (Å²) in [6.45, 7) is 1.02. The first kappa shape index (κ1) is 10.6. The number of hydrogen-bond acceptors (Lipinski definition) is 1. The molecule has 0 aliphatic carbocycles. The fourth-order valence-electron chi connectivity index (χ4n) is 1.13. The van der Waals surface area contributed by atoms with Crippen molar-refractivity contribution < 1.29 is 18.7 Å². The van der Waals surface area contributed by atoms with Gasteiger partial charge in [0.25, 0.3) is 6.43 Å². The molecule has 0 aliphatic rings. The van der Waals surface area contributed by atoms with E-state index in [1.807, 2.05) is 0 Å². The molecule has 0 amide bonds. The summed E-state index contributed by atoms with van der Waals surface area (Å²) >= 11 is 0. The molecule has 1 aromatic carbocycles. The maximum atomic E-state index is 12.6. The highest BCUT2D eigenvalue weighted by Crippen LogP contribution is 2.30. The fraction of sp³-hybridized carbons (Fsp3) is 0.300. The van der Waals surface area contributed by atoms with Gasteiger partial charge in [-0.2, -0.15) is 0 Å². The molecule has 2 nitrogen and oxygen atoms in total. The van der Waals surface area contributed by atoms with Crippen LogP contribution in [0.5, 0.6) is 0 Å². The number of aliphatic carboxylic acids is 1. The summed E-state index contributed by atoms with van der Waals surface area (Å²) in [7, 11) is 0. The van der Waals surface area contributed by atoms with Gasteiger partial charge in [0.1, 0.15) is 0 Å². The molecule has 14 heavy (non-hydrogen) atoms. The van der Waals surface area contributed by atoms with Crippen LogP contribution >= 0.6 is 0 Å². The molecule has 0 saturated heterocycles. The van der Waals surface area contributed by atoms with Gasteiger partial charge in [-0.15, -0.1) is 0 Å². The summed E-state index contributed by atoms with van der Waals surface area (Å²) in [5.74, 6) is -1.52. The molecule has 76 valence electrons. The van der Waals surface area contributed by atoms with E-state index in [9.17, 15) is 13.6 Å². The second-order valence-electron chi connectivity index (χ2n) is 3.17. The van der Waals surface area contributed by atoms with Gasteiger partial charge in [-0.25, -0.2) is 8.78 Å². The van der Waals surface area contributed by atoms with E-state index in [1.165, 1.54) is 12.1 Å². The molecule has 0 spiro atoms. The van der Waals surface area contributed by atoms with Crippen LogP contribution in [0.3, 0.4) is 0 Å². The zero-order valence-corrected chi connectivity index (χ0v) is 7.58. The number of alkyl halides is 2. The zero-order valence-electron chi connectivity index (χ0n) is 7.58. The quantitative estimate of drug-likeness (QED) is 0.812. The number of carboxylic acids is 1. The Morgan fingerprint density at radius 2 is 1.86 bits per heavy atom. The van der Waals surface area contributed by atoms with Crippen LogP contribution < -0.4 is 0 Å². The lowest BCUT2D eigenvalue weighted by molar-refractivity contribution is -0.149.